The van der Waals surface area contributed by atoms with Crippen molar-refractivity contribution in [2.45, 2.75) is 25.6 Å². The van der Waals surface area contributed by atoms with Crippen LogP contribution in [0.5, 0.6) is 0 Å². The molecule has 2 unspecified atom stereocenters. The fourth-order valence-corrected chi connectivity index (χ4v) is 3.86. The number of hydrogen-bond acceptors (Lipinski definition) is 8. The summed E-state index contributed by atoms with van der Waals surface area (Å²) >= 11 is 5.75. The summed E-state index contributed by atoms with van der Waals surface area (Å²) in [5.41, 5.74) is 1.09. The topological polar surface area (TPSA) is 120 Å². The van der Waals surface area contributed by atoms with Crippen molar-refractivity contribution in [3.8, 4) is 12.3 Å². The van der Waals surface area contributed by atoms with Crippen LogP contribution in [0.15, 0.2) is 41.7 Å². The zero-order valence-electron chi connectivity index (χ0n) is 18.4. The van der Waals surface area contributed by atoms with Gasteiger partial charge in [0.1, 0.15) is 22.8 Å². The first-order chi connectivity index (χ1) is 16.4. The summed E-state index contributed by atoms with van der Waals surface area (Å²) < 4.78 is 0. The van der Waals surface area contributed by atoms with Crippen molar-refractivity contribution in [2.75, 3.05) is 25.0 Å². The highest BCUT2D eigenvalue weighted by atomic mass is 35.5. The lowest BCUT2D eigenvalue weighted by atomic mass is 10.1. The van der Waals surface area contributed by atoms with Crippen molar-refractivity contribution in [2.24, 2.45) is 4.99 Å². The number of urea groups is 1. The van der Waals surface area contributed by atoms with E-state index in [9.17, 15) is 14.4 Å². The molecular formula is C23H22ClN7O3. The molecule has 2 aromatic rings. The summed E-state index contributed by atoms with van der Waals surface area (Å²) in [6, 6.07) is 5.49. The highest BCUT2D eigenvalue weighted by Gasteiger charge is 2.49. The molecule has 2 atom stereocenters. The molecule has 3 amide bonds. The number of terminal acetylenes is 1. The fourth-order valence-electron chi connectivity index (χ4n) is 3.75. The average molecular weight is 480 g/mol. The Hall–Kier alpha value is -3.97. The second-order valence-electron chi connectivity index (χ2n) is 7.70. The third-order valence-corrected chi connectivity index (χ3v) is 5.63. The highest BCUT2D eigenvalue weighted by Crippen LogP contribution is 2.24. The molecule has 4 rings (SSSR count). The third kappa shape index (κ3) is 4.56. The van der Waals surface area contributed by atoms with Crippen molar-refractivity contribution in [3.05, 3.63) is 52.9 Å². The molecule has 1 fully saturated rings. The lowest BCUT2D eigenvalue weighted by molar-refractivity contribution is -0.134. The smallest absolute Gasteiger partial charge is 0.329 e. The number of ketones is 1. The number of anilines is 1. The van der Waals surface area contributed by atoms with E-state index in [-0.39, 0.29) is 18.9 Å². The Morgan fingerprint density at radius 3 is 2.71 bits per heavy atom. The van der Waals surface area contributed by atoms with Crippen molar-refractivity contribution >= 4 is 41.0 Å². The maximum atomic E-state index is 12.9. The molecule has 4 heterocycles. The number of halogens is 1. The molecule has 0 saturated carbocycles. The number of fused-ring (bicyclic) bond motifs is 1. The van der Waals surface area contributed by atoms with Crippen LogP contribution in [0.25, 0.3) is 0 Å². The molecule has 2 aliphatic rings. The zero-order chi connectivity index (χ0) is 24.2. The number of rotatable bonds is 8. The van der Waals surface area contributed by atoms with Gasteiger partial charge >= 0.3 is 6.03 Å². The van der Waals surface area contributed by atoms with Gasteiger partial charge in [-0.2, -0.15) is 0 Å². The van der Waals surface area contributed by atoms with Gasteiger partial charge < -0.3 is 10.6 Å². The lowest BCUT2D eigenvalue weighted by Gasteiger charge is -2.39. The molecule has 1 saturated heterocycles. The summed E-state index contributed by atoms with van der Waals surface area (Å²) in [6.07, 6.45) is 8.42. The van der Waals surface area contributed by atoms with Crippen LogP contribution in [-0.4, -0.2) is 75.2 Å². The van der Waals surface area contributed by atoms with Crippen molar-refractivity contribution in [3.63, 3.8) is 0 Å². The third-order valence-electron chi connectivity index (χ3n) is 5.41. The number of amides is 3. The first-order valence-electron chi connectivity index (χ1n) is 10.7. The molecule has 34 heavy (non-hydrogen) atoms. The largest absolute Gasteiger partial charge is 0.363 e. The Kier molecular flexibility index (Phi) is 6.75. The van der Waals surface area contributed by atoms with Gasteiger partial charge in [-0.15, -0.1) is 6.42 Å². The maximum Gasteiger partial charge on any atom is 0.329 e. The molecule has 0 aromatic carbocycles. The predicted octanol–water partition coefficient (Wildman–Crippen LogP) is 1.78. The van der Waals surface area contributed by atoms with Crippen LogP contribution >= 0.6 is 11.6 Å². The monoisotopic (exact) mass is 479 g/mol. The summed E-state index contributed by atoms with van der Waals surface area (Å²) in [7, 11) is 0. The number of aromatic nitrogens is 2. The standard InChI is InChI=1S/C23H22ClN7O3/c1-3-9-30-21-19(22(33)31(10-4-2)23(30)34)28-20(29-21)15-6-8-18(26-12-15)27-13-16(32)14-5-7-17(24)25-11-14/h2,5-8,11-12,19,21H,3,9-10,13H2,1H3,(H,26,27)(H,28,29). The van der Waals surface area contributed by atoms with Crippen molar-refractivity contribution < 1.29 is 14.4 Å². The number of Topliss-reactive ketones (excluding diaryl/α,β-unsaturated/α-hetero) is 1. The fraction of sp³-hybridized carbons (Fsp3) is 0.304. The van der Waals surface area contributed by atoms with E-state index in [0.717, 1.165) is 4.90 Å². The Labute approximate surface area is 201 Å². The maximum absolute atomic E-state index is 12.9. The Bertz CT molecular complexity index is 1170. The van der Waals surface area contributed by atoms with Crippen LogP contribution < -0.4 is 10.6 Å². The van der Waals surface area contributed by atoms with Crippen LogP contribution in [0, 0.1) is 12.3 Å². The molecule has 2 aromatic heterocycles. The summed E-state index contributed by atoms with van der Waals surface area (Å²) in [5.74, 6) is 2.76. The molecule has 2 N–H and O–H groups in total. The van der Waals surface area contributed by atoms with Crippen LogP contribution in [0.3, 0.4) is 0 Å². The van der Waals surface area contributed by atoms with Crippen LogP contribution in [0.1, 0.15) is 29.3 Å². The number of imide groups is 1. The summed E-state index contributed by atoms with van der Waals surface area (Å²) in [5, 5.41) is 6.40. The van der Waals surface area contributed by atoms with Gasteiger partial charge in [-0.3, -0.25) is 19.4 Å². The van der Waals surface area contributed by atoms with Crippen LogP contribution in [-0.2, 0) is 4.79 Å². The minimum atomic E-state index is -0.712. The zero-order valence-corrected chi connectivity index (χ0v) is 19.1. The van der Waals surface area contributed by atoms with Gasteiger partial charge in [0.25, 0.3) is 5.91 Å². The number of nitrogens with one attached hydrogen (secondary N) is 2. The second-order valence-corrected chi connectivity index (χ2v) is 8.08. The molecule has 0 aliphatic carbocycles. The first-order valence-corrected chi connectivity index (χ1v) is 11.1. The van der Waals surface area contributed by atoms with Gasteiger partial charge in [0.05, 0.1) is 13.1 Å². The summed E-state index contributed by atoms with van der Waals surface area (Å²) in [4.78, 5) is 53.4. The van der Waals surface area contributed by atoms with Gasteiger partial charge in [-0.1, -0.05) is 24.4 Å². The molecular weight excluding hydrogens is 458 g/mol. The van der Waals surface area contributed by atoms with Gasteiger partial charge in [-0.05, 0) is 30.7 Å². The van der Waals surface area contributed by atoms with E-state index in [2.05, 4.69) is 31.5 Å². The van der Waals surface area contributed by atoms with E-state index >= 15 is 0 Å². The number of aliphatic imine (C=N–C) groups is 1. The van der Waals surface area contributed by atoms with Gasteiger partial charge in [0, 0.05) is 30.1 Å². The minimum Gasteiger partial charge on any atom is -0.363 e. The van der Waals surface area contributed by atoms with E-state index < -0.39 is 24.1 Å². The van der Waals surface area contributed by atoms with E-state index in [1.807, 2.05) is 6.92 Å². The molecule has 0 radical (unpaired) electrons. The molecule has 11 heteroatoms. The van der Waals surface area contributed by atoms with Crippen LogP contribution in [0.2, 0.25) is 5.15 Å². The molecule has 0 spiro atoms. The van der Waals surface area contributed by atoms with Crippen LogP contribution in [0.4, 0.5) is 10.6 Å². The van der Waals surface area contributed by atoms with E-state index in [1.165, 1.54) is 6.20 Å². The molecule has 2 aliphatic heterocycles. The minimum absolute atomic E-state index is 0.0343. The van der Waals surface area contributed by atoms with E-state index in [4.69, 9.17) is 18.0 Å². The predicted molar refractivity (Wildman–Crippen MR) is 126 cm³/mol. The number of hydrogen-bond donors (Lipinski definition) is 2. The van der Waals surface area contributed by atoms with E-state index in [1.54, 1.807) is 35.4 Å². The average Bonchev–Trinajstić information content (AvgIpc) is 3.29. The Balaban J connectivity index is 1.45. The second kappa shape index (κ2) is 9.89. The number of nitrogens with zero attached hydrogens (tertiary/aromatic N) is 5. The normalized spacial score (nSPS) is 19.3. The molecule has 0 bridgehead atoms. The SMILES string of the molecule is C#CCN1C(=O)C2NC(c3ccc(NCC(=O)c4ccc(Cl)nc4)nc3)=NC2N(CCC)C1=O. The number of carbonyl (C=O) groups excluding carboxylic acids is 3. The van der Waals surface area contributed by atoms with Crippen molar-refractivity contribution in [1.82, 2.24) is 25.1 Å². The van der Waals surface area contributed by atoms with Gasteiger partial charge in [-0.25, -0.2) is 19.8 Å². The number of carbonyl (C=O) groups is 3. The first kappa shape index (κ1) is 23.2. The lowest BCUT2D eigenvalue weighted by Crippen LogP contribution is -2.65. The molecule has 174 valence electrons. The van der Waals surface area contributed by atoms with E-state index in [0.29, 0.717) is 40.9 Å². The highest BCUT2D eigenvalue weighted by molar-refractivity contribution is 6.29. The Morgan fingerprint density at radius 2 is 2.06 bits per heavy atom. The summed E-state index contributed by atoms with van der Waals surface area (Å²) in [6.45, 7) is 2.34. The number of pyridine rings is 2. The Morgan fingerprint density at radius 1 is 1.24 bits per heavy atom. The van der Waals surface area contributed by atoms with Gasteiger partial charge in [0.2, 0.25) is 0 Å². The number of amidine groups is 1. The van der Waals surface area contributed by atoms with Crippen molar-refractivity contribution in [1.29, 1.82) is 0 Å². The quantitative estimate of drug-likeness (QED) is 0.336. The molecule has 10 nitrogen and oxygen atoms in total. The van der Waals surface area contributed by atoms with Gasteiger partial charge in [0.15, 0.2) is 11.9 Å².